The van der Waals surface area contributed by atoms with Gasteiger partial charge in [-0.1, -0.05) is 6.07 Å². The first-order valence-electron chi connectivity index (χ1n) is 8.11. The van der Waals surface area contributed by atoms with E-state index in [2.05, 4.69) is 15.6 Å². The van der Waals surface area contributed by atoms with E-state index in [1.54, 1.807) is 44.7 Å². The second-order valence-corrected chi connectivity index (χ2v) is 5.59. The lowest BCUT2D eigenvalue weighted by Crippen LogP contribution is -2.13. The smallest absolute Gasteiger partial charge is 0.256 e. The van der Waals surface area contributed by atoms with E-state index in [-0.39, 0.29) is 5.56 Å². The van der Waals surface area contributed by atoms with Crippen LogP contribution in [0.5, 0.6) is 11.5 Å². The van der Waals surface area contributed by atoms with E-state index in [0.29, 0.717) is 17.3 Å². The molecule has 0 bridgehead atoms. The van der Waals surface area contributed by atoms with Crippen LogP contribution in [0.3, 0.4) is 0 Å². The number of rotatable bonds is 6. The van der Waals surface area contributed by atoms with Crippen LogP contribution >= 0.6 is 0 Å². The number of nitrogens with one attached hydrogen (secondary N) is 2. The molecule has 0 saturated heterocycles. The lowest BCUT2D eigenvalue weighted by atomic mass is 10.2. The van der Waals surface area contributed by atoms with Crippen molar-refractivity contribution in [3.8, 4) is 11.5 Å². The molecule has 3 rings (SSSR count). The Hall–Kier alpha value is -3.61. The first kappa shape index (κ1) is 18.2. The number of methoxy groups -OCH3 is 2. The van der Waals surface area contributed by atoms with Crippen LogP contribution in [0, 0.1) is 5.82 Å². The van der Waals surface area contributed by atoms with Crippen molar-refractivity contribution >= 4 is 23.1 Å². The summed E-state index contributed by atoms with van der Waals surface area (Å²) in [5, 5.41) is 5.82. The van der Waals surface area contributed by atoms with Crippen LogP contribution in [0.4, 0.5) is 21.6 Å². The molecule has 0 saturated carbocycles. The van der Waals surface area contributed by atoms with Gasteiger partial charge in [0.2, 0.25) is 0 Å². The monoisotopic (exact) mass is 367 g/mol. The van der Waals surface area contributed by atoms with E-state index < -0.39 is 11.7 Å². The Balaban J connectivity index is 1.67. The minimum atomic E-state index is -0.468. The quantitative estimate of drug-likeness (QED) is 0.682. The Labute approximate surface area is 156 Å². The number of carbonyl (C=O) groups is 1. The summed E-state index contributed by atoms with van der Waals surface area (Å²) in [5.74, 6) is 0.709. The lowest BCUT2D eigenvalue weighted by molar-refractivity contribution is 0.102. The van der Waals surface area contributed by atoms with E-state index in [1.807, 2.05) is 6.07 Å². The lowest BCUT2D eigenvalue weighted by Gasteiger charge is -2.11. The Bertz CT molecular complexity index is 945. The van der Waals surface area contributed by atoms with Gasteiger partial charge < -0.3 is 20.1 Å². The van der Waals surface area contributed by atoms with Gasteiger partial charge in [-0.3, -0.25) is 4.79 Å². The molecule has 0 spiro atoms. The second kappa shape index (κ2) is 8.18. The average Bonchev–Trinajstić information content (AvgIpc) is 2.69. The zero-order chi connectivity index (χ0) is 19.2. The highest BCUT2D eigenvalue weighted by Crippen LogP contribution is 2.31. The summed E-state index contributed by atoms with van der Waals surface area (Å²) >= 11 is 0. The van der Waals surface area contributed by atoms with Crippen molar-refractivity contribution in [1.82, 2.24) is 4.98 Å². The topological polar surface area (TPSA) is 72.5 Å². The molecule has 0 aliphatic heterocycles. The van der Waals surface area contributed by atoms with Gasteiger partial charge in [0.25, 0.3) is 5.91 Å². The fourth-order valence-corrected chi connectivity index (χ4v) is 2.44. The van der Waals surface area contributed by atoms with E-state index >= 15 is 0 Å². The predicted molar refractivity (Wildman–Crippen MR) is 101 cm³/mol. The molecule has 0 radical (unpaired) electrons. The number of carbonyl (C=O) groups excluding carboxylic acids is 1. The SMILES string of the molecule is COc1ccc(Nc2ccc(NC(=O)c3cccc(F)c3)nc2)cc1OC. The molecular weight excluding hydrogens is 349 g/mol. The largest absolute Gasteiger partial charge is 0.493 e. The van der Waals surface area contributed by atoms with Gasteiger partial charge in [-0.05, 0) is 42.5 Å². The fraction of sp³-hybridized carbons (Fsp3) is 0.100. The van der Waals surface area contributed by atoms with Crippen LogP contribution in [-0.4, -0.2) is 25.1 Å². The highest BCUT2D eigenvalue weighted by Gasteiger charge is 2.08. The molecule has 27 heavy (non-hydrogen) atoms. The summed E-state index contributed by atoms with van der Waals surface area (Å²) in [6.45, 7) is 0. The van der Waals surface area contributed by atoms with Gasteiger partial charge in [0.05, 0.1) is 26.1 Å². The molecule has 0 aliphatic rings. The number of anilines is 3. The Morgan fingerprint density at radius 3 is 2.41 bits per heavy atom. The molecule has 0 unspecified atom stereocenters. The fourth-order valence-electron chi connectivity index (χ4n) is 2.44. The molecule has 6 nitrogen and oxygen atoms in total. The summed E-state index contributed by atoms with van der Waals surface area (Å²) in [7, 11) is 3.14. The number of pyridine rings is 1. The van der Waals surface area contributed by atoms with Crippen LogP contribution < -0.4 is 20.1 Å². The van der Waals surface area contributed by atoms with Crippen molar-refractivity contribution < 1.29 is 18.7 Å². The first-order chi connectivity index (χ1) is 13.1. The highest BCUT2D eigenvalue weighted by molar-refractivity contribution is 6.03. The number of nitrogens with zero attached hydrogens (tertiary/aromatic N) is 1. The predicted octanol–water partition coefficient (Wildman–Crippen LogP) is 4.23. The Kier molecular flexibility index (Phi) is 5.51. The second-order valence-electron chi connectivity index (χ2n) is 5.59. The van der Waals surface area contributed by atoms with Crippen molar-refractivity contribution in [3.05, 3.63) is 72.2 Å². The standard InChI is InChI=1S/C20H18FN3O3/c1-26-17-8-6-15(11-18(17)27-2)23-16-7-9-19(22-12-16)24-20(25)13-4-3-5-14(21)10-13/h3-12,23H,1-2H3,(H,22,24,25). The minimum absolute atomic E-state index is 0.226. The van der Waals surface area contributed by atoms with E-state index in [4.69, 9.17) is 9.47 Å². The maximum Gasteiger partial charge on any atom is 0.256 e. The Morgan fingerprint density at radius 2 is 1.74 bits per heavy atom. The maximum absolute atomic E-state index is 13.2. The molecule has 138 valence electrons. The van der Waals surface area contributed by atoms with Gasteiger partial charge in [0, 0.05) is 17.3 Å². The molecule has 3 aromatic rings. The molecule has 2 N–H and O–H groups in total. The van der Waals surface area contributed by atoms with Gasteiger partial charge in [-0.2, -0.15) is 0 Å². The number of benzene rings is 2. The van der Waals surface area contributed by atoms with Crippen LogP contribution in [-0.2, 0) is 0 Å². The molecule has 0 atom stereocenters. The summed E-state index contributed by atoms with van der Waals surface area (Å²) in [5.41, 5.74) is 1.75. The van der Waals surface area contributed by atoms with E-state index in [0.717, 1.165) is 11.4 Å². The zero-order valence-corrected chi connectivity index (χ0v) is 14.8. The summed E-state index contributed by atoms with van der Waals surface area (Å²) in [4.78, 5) is 16.3. The van der Waals surface area contributed by atoms with Crippen molar-refractivity contribution in [2.45, 2.75) is 0 Å². The normalized spacial score (nSPS) is 10.2. The number of hydrogen-bond acceptors (Lipinski definition) is 5. The molecule has 1 aromatic heterocycles. The van der Waals surface area contributed by atoms with Gasteiger partial charge in [-0.15, -0.1) is 0 Å². The maximum atomic E-state index is 13.2. The van der Waals surface area contributed by atoms with Crippen molar-refractivity contribution in [2.75, 3.05) is 24.9 Å². The third kappa shape index (κ3) is 4.52. The zero-order valence-electron chi connectivity index (χ0n) is 14.8. The van der Waals surface area contributed by atoms with Crippen molar-refractivity contribution in [1.29, 1.82) is 0 Å². The number of amides is 1. The molecule has 2 aromatic carbocycles. The molecular formula is C20H18FN3O3. The molecule has 7 heteroatoms. The van der Waals surface area contributed by atoms with Crippen LogP contribution in [0.2, 0.25) is 0 Å². The summed E-state index contributed by atoms with van der Waals surface area (Å²) < 4.78 is 23.7. The van der Waals surface area contributed by atoms with Crippen LogP contribution in [0.1, 0.15) is 10.4 Å². The average molecular weight is 367 g/mol. The van der Waals surface area contributed by atoms with Gasteiger partial charge in [0.1, 0.15) is 11.6 Å². The van der Waals surface area contributed by atoms with Crippen LogP contribution in [0.15, 0.2) is 60.8 Å². The third-order valence-electron chi connectivity index (χ3n) is 3.76. The number of ether oxygens (including phenoxy) is 2. The van der Waals surface area contributed by atoms with Gasteiger partial charge in [0.15, 0.2) is 11.5 Å². The van der Waals surface area contributed by atoms with Crippen molar-refractivity contribution in [2.24, 2.45) is 0 Å². The summed E-state index contributed by atoms with van der Waals surface area (Å²) in [6.07, 6.45) is 1.58. The minimum Gasteiger partial charge on any atom is -0.493 e. The first-order valence-corrected chi connectivity index (χ1v) is 8.11. The number of aromatic nitrogens is 1. The Morgan fingerprint density at radius 1 is 0.963 bits per heavy atom. The van der Waals surface area contributed by atoms with Gasteiger partial charge in [-0.25, -0.2) is 9.37 Å². The molecule has 0 fully saturated rings. The van der Waals surface area contributed by atoms with Crippen LogP contribution in [0.25, 0.3) is 0 Å². The molecule has 1 heterocycles. The van der Waals surface area contributed by atoms with Gasteiger partial charge >= 0.3 is 0 Å². The molecule has 1 amide bonds. The van der Waals surface area contributed by atoms with E-state index in [1.165, 1.54) is 24.3 Å². The number of halogens is 1. The third-order valence-corrected chi connectivity index (χ3v) is 3.76. The van der Waals surface area contributed by atoms with Crippen molar-refractivity contribution in [3.63, 3.8) is 0 Å². The summed E-state index contributed by atoms with van der Waals surface area (Å²) in [6, 6.07) is 14.3. The molecule has 0 aliphatic carbocycles. The number of hydrogen-bond donors (Lipinski definition) is 2. The van der Waals surface area contributed by atoms with E-state index in [9.17, 15) is 9.18 Å². The highest BCUT2D eigenvalue weighted by atomic mass is 19.1.